The van der Waals surface area contributed by atoms with Crippen LogP contribution in [0.5, 0.6) is 0 Å². The molecule has 1 aromatic rings. The fourth-order valence-corrected chi connectivity index (χ4v) is 3.77. The van der Waals surface area contributed by atoms with Gasteiger partial charge in [0.15, 0.2) is 0 Å². The molecule has 3 atom stereocenters. The van der Waals surface area contributed by atoms with Gasteiger partial charge in [0.1, 0.15) is 5.60 Å². The first kappa shape index (κ1) is 19.9. The van der Waals surface area contributed by atoms with Crippen molar-refractivity contribution in [2.45, 2.75) is 71.2 Å². The number of aryl methyl sites for hydroxylation is 2. The highest BCUT2D eigenvalue weighted by atomic mass is 19.4. The Kier molecular flexibility index (Phi) is 5.12. The number of aromatic nitrogens is 2. The molecule has 1 amide bonds. The minimum absolute atomic E-state index is 0.0600. The molecule has 1 saturated heterocycles. The van der Waals surface area contributed by atoms with E-state index < -0.39 is 17.3 Å². The van der Waals surface area contributed by atoms with Crippen LogP contribution in [0.15, 0.2) is 6.07 Å². The molecule has 0 N–H and O–H groups in total. The van der Waals surface area contributed by atoms with Gasteiger partial charge in [-0.1, -0.05) is 0 Å². The summed E-state index contributed by atoms with van der Waals surface area (Å²) in [6.07, 6.45) is -2.41. The van der Waals surface area contributed by atoms with Crippen molar-refractivity contribution in [1.82, 2.24) is 15.1 Å². The number of fused-ring (bicyclic) bond motifs is 1. The minimum Gasteiger partial charge on any atom is -0.444 e. The van der Waals surface area contributed by atoms with Gasteiger partial charge in [-0.3, -0.25) is 0 Å². The molecule has 1 aliphatic carbocycles. The van der Waals surface area contributed by atoms with Crippen LogP contribution in [0.4, 0.5) is 18.0 Å². The standard InChI is InChI=1S/C19H26F3N3O2/c1-11-7-15(19(20,21)22)16(24-23-11)6-5-14-9-12-8-13(12)10-25(14)17(26)27-18(2,3)4/h7,12-14H,5-6,8-10H2,1-4H3. The number of hydrogen-bond donors (Lipinski definition) is 0. The average molecular weight is 385 g/mol. The summed E-state index contributed by atoms with van der Waals surface area (Å²) in [6.45, 7) is 7.53. The van der Waals surface area contributed by atoms with Crippen LogP contribution < -0.4 is 0 Å². The molecule has 2 fully saturated rings. The van der Waals surface area contributed by atoms with E-state index in [9.17, 15) is 18.0 Å². The second kappa shape index (κ2) is 6.95. The van der Waals surface area contributed by atoms with Crippen molar-refractivity contribution in [2.24, 2.45) is 11.8 Å². The first-order chi connectivity index (χ1) is 12.4. The van der Waals surface area contributed by atoms with Crippen LogP contribution in [0.2, 0.25) is 0 Å². The van der Waals surface area contributed by atoms with E-state index in [1.807, 2.05) is 0 Å². The van der Waals surface area contributed by atoms with Gasteiger partial charge in [0.25, 0.3) is 0 Å². The maximum atomic E-state index is 13.3. The Bertz CT molecular complexity index is 715. The Morgan fingerprint density at radius 3 is 2.56 bits per heavy atom. The van der Waals surface area contributed by atoms with Crippen molar-refractivity contribution in [3.05, 3.63) is 23.0 Å². The van der Waals surface area contributed by atoms with E-state index >= 15 is 0 Å². The van der Waals surface area contributed by atoms with Gasteiger partial charge in [0, 0.05) is 12.6 Å². The molecule has 3 rings (SSSR count). The molecule has 150 valence electrons. The number of carbonyl (C=O) groups excluding carboxylic acids is 1. The molecule has 2 heterocycles. The number of amides is 1. The van der Waals surface area contributed by atoms with Crippen LogP contribution in [0.25, 0.3) is 0 Å². The number of rotatable bonds is 3. The molecule has 1 saturated carbocycles. The highest BCUT2D eigenvalue weighted by Crippen LogP contribution is 2.48. The Morgan fingerprint density at radius 2 is 1.93 bits per heavy atom. The maximum absolute atomic E-state index is 13.3. The van der Waals surface area contributed by atoms with E-state index in [0.29, 0.717) is 24.8 Å². The Morgan fingerprint density at radius 1 is 1.22 bits per heavy atom. The van der Waals surface area contributed by atoms with E-state index in [2.05, 4.69) is 10.2 Å². The molecular weight excluding hydrogens is 359 g/mol. The molecule has 1 aliphatic heterocycles. The van der Waals surface area contributed by atoms with E-state index in [0.717, 1.165) is 18.9 Å². The number of carbonyl (C=O) groups is 1. The third-order valence-electron chi connectivity index (χ3n) is 5.16. The smallest absolute Gasteiger partial charge is 0.418 e. The molecule has 0 bridgehead atoms. The topological polar surface area (TPSA) is 55.3 Å². The highest BCUT2D eigenvalue weighted by Gasteiger charge is 2.47. The maximum Gasteiger partial charge on any atom is 0.418 e. The fourth-order valence-electron chi connectivity index (χ4n) is 3.77. The molecule has 2 aliphatic rings. The normalized spacial score (nSPS) is 25.1. The van der Waals surface area contributed by atoms with E-state index in [1.165, 1.54) is 6.92 Å². The highest BCUT2D eigenvalue weighted by molar-refractivity contribution is 5.69. The molecular formula is C19H26F3N3O2. The summed E-state index contributed by atoms with van der Waals surface area (Å²) in [5, 5.41) is 7.57. The SMILES string of the molecule is Cc1cc(C(F)(F)F)c(CCC2CC3CC3CN2C(=O)OC(C)(C)C)nn1. The zero-order valence-electron chi connectivity index (χ0n) is 16.1. The number of hydrogen-bond acceptors (Lipinski definition) is 4. The lowest BCUT2D eigenvalue weighted by Gasteiger charge is -2.36. The fraction of sp³-hybridized carbons (Fsp3) is 0.737. The van der Waals surface area contributed by atoms with Crippen LogP contribution in [-0.4, -0.2) is 39.4 Å². The monoisotopic (exact) mass is 385 g/mol. The van der Waals surface area contributed by atoms with E-state index in [-0.39, 0.29) is 29.9 Å². The van der Waals surface area contributed by atoms with Gasteiger partial charge >= 0.3 is 12.3 Å². The first-order valence-electron chi connectivity index (χ1n) is 9.34. The predicted octanol–water partition coefficient (Wildman–Crippen LogP) is 4.38. The molecule has 1 aromatic heterocycles. The summed E-state index contributed by atoms with van der Waals surface area (Å²) in [5.74, 6) is 1.07. The second-order valence-electron chi connectivity index (χ2n) is 8.66. The van der Waals surface area contributed by atoms with Crippen molar-refractivity contribution in [3.63, 3.8) is 0 Å². The summed E-state index contributed by atoms with van der Waals surface area (Å²) < 4.78 is 45.4. The summed E-state index contributed by atoms with van der Waals surface area (Å²) in [4.78, 5) is 14.3. The molecule has 0 aromatic carbocycles. The Balaban J connectivity index is 1.73. The van der Waals surface area contributed by atoms with Gasteiger partial charge in [-0.2, -0.15) is 23.4 Å². The number of nitrogens with zero attached hydrogens (tertiary/aromatic N) is 3. The quantitative estimate of drug-likeness (QED) is 0.775. The van der Waals surface area contributed by atoms with Gasteiger partial charge in [-0.15, -0.1) is 0 Å². The molecule has 3 unspecified atom stereocenters. The lowest BCUT2D eigenvalue weighted by molar-refractivity contribution is -0.138. The number of ether oxygens (including phenoxy) is 1. The molecule has 0 spiro atoms. The predicted molar refractivity (Wildman–Crippen MR) is 93.0 cm³/mol. The van der Waals surface area contributed by atoms with Crippen molar-refractivity contribution in [1.29, 1.82) is 0 Å². The largest absolute Gasteiger partial charge is 0.444 e. The summed E-state index contributed by atoms with van der Waals surface area (Å²) >= 11 is 0. The summed E-state index contributed by atoms with van der Waals surface area (Å²) in [5.41, 5.74) is -1.16. The van der Waals surface area contributed by atoms with E-state index in [4.69, 9.17) is 4.74 Å². The number of alkyl halides is 3. The Hall–Kier alpha value is -1.86. The minimum atomic E-state index is -4.46. The van der Waals surface area contributed by atoms with Gasteiger partial charge in [-0.25, -0.2) is 4.79 Å². The third-order valence-corrected chi connectivity index (χ3v) is 5.16. The summed E-state index contributed by atoms with van der Waals surface area (Å²) in [7, 11) is 0. The molecule has 0 radical (unpaired) electrons. The van der Waals surface area contributed by atoms with E-state index in [1.54, 1.807) is 25.7 Å². The number of halogens is 3. The molecule has 8 heteroatoms. The molecule has 5 nitrogen and oxygen atoms in total. The van der Waals surface area contributed by atoms with Gasteiger partial charge in [0.05, 0.1) is 17.0 Å². The van der Waals surface area contributed by atoms with Crippen molar-refractivity contribution < 1.29 is 22.7 Å². The van der Waals surface area contributed by atoms with Crippen LogP contribution in [-0.2, 0) is 17.3 Å². The average Bonchev–Trinajstić information content (AvgIpc) is 3.28. The van der Waals surface area contributed by atoms with Crippen molar-refractivity contribution in [3.8, 4) is 0 Å². The van der Waals surface area contributed by atoms with Crippen LogP contribution >= 0.6 is 0 Å². The van der Waals surface area contributed by atoms with Crippen molar-refractivity contribution >= 4 is 6.09 Å². The zero-order chi connectivity index (χ0) is 20.0. The van der Waals surface area contributed by atoms with Gasteiger partial charge < -0.3 is 9.64 Å². The zero-order valence-corrected chi connectivity index (χ0v) is 16.1. The lowest BCUT2D eigenvalue weighted by Crippen LogP contribution is -2.47. The second-order valence-corrected chi connectivity index (χ2v) is 8.66. The number of piperidine rings is 1. The lowest BCUT2D eigenvalue weighted by atomic mass is 9.96. The van der Waals surface area contributed by atoms with Crippen LogP contribution in [0.3, 0.4) is 0 Å². The summed E-state index contributed by atoms with van der Waals surface area (Å²) in [6, 6.07) is 0.902. The van der Waals surface area contributed by atoms with Crippen LogP contribution in [0, 0.1) is 18.8 Å². The van der Waals surface area contributed by atoms with Gasteiger partial charge in [0.2, 0.25) is 0 Å². The third kappa shape index (κ3) is 4.90. The number of likely N-dealkylation sites (tertiary alicyclic amines) is 1. The van der Waals surface area contributed by atoms with Gasteiger partial charge in [-0.05, 0) is 71.3 Å². The first-order valence-corrected chi connectivity index (χ1v) is 9.34. The Labute approximate surface area is 157 Å². The van der Waals surface area contributed by atoms with Crippen molar-refractivity contribution in [2.75, 3.05) is 6.54 Å². The van der Waals surface area contributed by atoms with Crippen LogP contribution in [0.1, 0.15) is 57.0 Å². The molecule has 27 heavy (non-hydrogen) atoms.